The lowest BCUT2D eigenvalue weighted by molar-refractivity contribution is 0.0918. The van der Waals surface area contributed by atoms with Crippen LogP contribution in [0.25, 0.3) is 22.4 Å². The highest BCUT2D eigenvalue weighted by atomic mass is 32.1. The van der Waals surface area contributed by atoms with Gasteiger partial charge in [0.2, 0.25) is 0 Å². The van der Waals surface area contributed by atoms with Crippen molar-refractivity contribution in [3.63, 3.8) is 0 Å². The molecule has 7 heteroatoms. The first-order valence-corrected chi connectivity index (χ1v) is 14.3. The number of ether oxygens (including phenoxy) is 1. The van der Waals surface area contributed by atoms with Gasteiger partial charge in [-0.2, -0.15) is 0 Å². The summed E-state index contributed by atoms with van der Waals surface area (Å²) < 4.78 is 5.65. The van der Waals surface area contributed by atoms with Crippen molar-refractivity contribution < 1.29 is 9.53 Å². The number of piperazine rings is 1. The number of anilines is 1. The van der Waals surface area contributed by atoms with Crippen LogP contribution in [0, 0.1) is 5.41 Å². The van der Waals surface area contributed by atoms with E-state index in [1.807, 2.05) is 6.20 Å². The molecule has 0 bridgehead atoms. The van der Waals surface area contributed by atoms with Crippen molar-refractivity contribution in [3.8, 4) is 22.4 Å². The molecule has 194 valence electrons. The molecule has 3 aliphatic rings. The van der Waals surface area contributed by atoms with Crippen LogP contribution < -0.4 is 10.2 Å². The van der Waals surface area contributed by atoms with Gasteiger partial charge in [-0.15, -0.1) is 11.3 Å². The van der Waals surface area contributed by atoms with E-state index in [9.17, 15) is 4.79 Å². The van der Waals surface area contributed by atoms with Crippen LogP contribution in [0.1, 0.15) is 41.1 Å². The molecule has 1 aliphatic carbocycles. The van der Waals surface area contributed by atoms with Gasteiger partial charge in [-0.05, 0) is 40.7 Å². The van der Waals surface area contributed by atoms with Crippen LogP contribution in [0.4, 0.5) is 5.00 Å². The first-order chi connectivity index (χ1) is 18.0. The number of nitrogens with one attached hydrogen (secondary N) is 1. The summed E-state index contributed by atoms with van der Waals surface area (Å²) in [6.45, 7) is 12.7. The molecule has 0 atom stereocenters. The Bertz CT molecular complexity index is 1290. The molecule has 2 aromatic heterocycles. The van der Waals surface area contributed by atoms with E-state index in [1.165, 1.54) is 27.3 Å². The standard InChI is InChI=1S/C30H36N4O2S/c1-30(2)18-24-27(29(34-13-15-36-16-14-34)37-28(24)26(35)19-30)21-7-8-32-25(17-21)23-6-4-3-5-22(23)20-33-11-9-31-10-12-33/h3-8,17,31H,9-16,18-20H2,1-2H3. The Morgan fingerprint density at radius 2 is 1.84 bits per heavy atom. The van der Waals surface area contributed by atoms with Gasteiger partial charge in [0.1, 0.15) is 0 Å². The quantitative estimate of drug-likeness (QED) is 0.522. The topological polar surface area (TPSA) is 57.7 Å². The van der Waals surface area contributed by atoms with Crippen molar-refractivity contribution >= 4 is 22.1 Å². The summed E-state index contributed by atoms with van der Waals surface area (Å²) in [5.74, 6) is 0.285. The fourth-order valence-corrected chi connectivity index (χ4v) is 7.27. The molecule has 3 aromatic rings. The molecule has 1 N–H and O–H groups in total. The Morgan fingerprint density at radius 1 is 1.05 bits per heavy atom. The van der Waals surface area contributed by atoms with Crippen LogP contribution in [-0.2, 0) is 17.7 Å². The van der Waals surface area contributed by atoms with E-state index in [1.54, 1.807) is 11.3 Å². The van der Waals surface area contributed by atoms with Crippen molar-refractivity contribution in [2.75, 3.05) is 57.4 Å². The Kier molecular flexibility index (Phi) is 6.88. The Hall–Kier alpha value is -2.58. The van der Waals surface area contributed by atoms with Gasteiger partial charge >= 0.3 is 0 Å². The SMILES string of the molecule is CC1(C)CC(=O)c2sc(N3CCOCC3)c(-c3ccnc(-c4ccccc4CN4CCNCC4)c3)c2C1. The second kappa shape index (κ2) is 10.3. The van der Waals surface area contributed by atoms with Crippen molar-refractivity contribution in [2.45, 2.75) is 33.2 Å². The zero-order valence-corrected chi connectivity index (χ0v) is 22.7. The average molecular weight is 517 g/mol. The molecule has 6 nitrogen and oxygen atoms in total. The number of hydrogen-bond acceptors (Lipinski definition) is 7. The first kappa shape index (κ1) is 24.7. The van der Waals surface area contributed by atoms with Gasteiger partial charge < -0.3 is 15.0 Å². The number of carbonyl (C=O) groups is 1. The van der Waals surface area contributed by atoms with Crippen molar-refractivity contribution in [1.29, 1.82) is 0 Å². The van der Waals surface area contributed by atoms with E-state index in [0.717, 1.165) is 81.6 Å². The van der Waals surface area contributed by atoms with E-state index in [-0.39, 0.29) is 11.2 Å². The highest BCUT2D eigenvalue weighted by Crippen LogP contribution is 2.49. The zero-order valence-electron chi connectivity index (χ0n) is 21.9. The predicted molar refractivity (Wildman–Crippen MR) is 151 cm³/mol. The molecule has 0 radical (unpaired) electrons. The third-order valence-corrected chi connectivity index (χ3v) is 9.11. The second-order valence-electron chi connectivity index (χ2n) is 11.2. The largest absolute Gasteiger partial charge is 0.378 e. The number of morpholine rings is 1. The second-order valence-corrected chi connectivity index (χ2v) is 12.2. The molecule has 0 unspecified atom stereocenters. The fourth-order valence-electron chi connectivity index (χ4n) is 5.94. The number of aromatic nitrogens is 1. The summed E-state index contributed by atoms with van der Waals surface area (Å²) in [6, 6.07) is 13.0. The number of nitrogens with zero attached hydrogens (tertiary/aromatic N) is 3. The Balaban J connectivity index is 1.43. The fraction of sp³-hybridized carbons (Fsp3) is 0.467. The molecule has 0 amide bonds. The normalized spacial score (nSPS) is 20.2. The van der Waals surface area contributed by atoms with Crippen molar-refractivity contribution in [1.82, 2.24) is 15.2 Å². The molecule has 2 saturated heterocycles. The Morgan fingerprint density at radius 3 is 2.65 bits per heavy atom. The smallest absolute Gasteiger partial charge is 0.173 e. The lowest BCUT2D eigenvalue weighted by Gasteiger charge is -2.30. The lowest BCUT2D eigenvalue weighted by Crippen LogP contribution is -2.42. The summed E-state index contributed by atoms with van der Waals surface area (Å²) in [5, 5.41) is 4.66. The number of hydrogen-bond donors (Lipinski definition) is 1. The van der Waals surface area contributed by atoms with Crippen LogP contribution in [0.15, 0.2) is 42.6 Å². The number of thiophene rings is 1. The maximum atomic E-state index is 13.2. The molecule has 0 saturated carbocycles. The minimum atomic E-state index is -0.0338. The van der Waals surface area contributed by atoms with E-state index in [4.69, 9.17) is 9.72 Å². The van der Waals surface area contributed by atoms with Gasteiger partial charge in [0.05, 0.1) is 28.8 Å². The highest BCUT2D eigenvalue weighted by Gasteiger charge is 2.37. The number of carbonyl (C=O) groups excluding carboxylic acids is 1. The van der Waals surface area contributed by atoms with Gasteiger partial charge in [0, 0.05) is 69.6 Å². The van der Waals surface area contributed by atoms with Crippen LogP contribution in [0.2, 0.25) is 0 Å². The molecule has 1 aromatic carbocycles. The van der Waals surface area contributed by atoms with Gasteiger partial charge in [0.15, 0.2) is 5.78 Å². The average Bonchev–Trinajstić information content (AvgIpc) is 3.29. The maximum Gasteiger partial charge on any atom is 0.173 e. The van der Waals surface area contributed by atoms with E-state index < -0.39 is 0 Å². The van der Waals surface area contributed by atoms with Gasteiger partial charge in [-0.25, -0.2) is 0 Å². The first-order valence-electron chi connectivity index (χ1n) is 13.5. The molecule has 4 heterocycles. The monoisotopic (exact) mass is 516 g/mol. The molecular weight excluding hydrogens is 480 g/mol. The van der Waals surface area contributed by atoms with Gasteiger partial charge in [-0.1, -0.05) is 38.1 Å². The van der Waals surface area contributed by atoms with Crippen molar-refractivity contribution in [2.24, 2.45) is 5.41 Å². The predicted octanol–water partition coefficient (Wildman–Crippen LogP) is 4.87. The van der Waals surface area contributed by atoms with E-state index in [0.29, 0.717) is 6.42 Å². The van der Waals surface area contributed by atoms with Gasteiger partial charge in [-0.3, -0.25) is 14.7 Å². The Labute approximate surface area is 223 Å². The summed E-state index contributed by atoms with van der Waals surface area (Å²) in [6.07, 6.45) is 3.47. The number of rotatable bonds is 5. The molecule has 2 aliphatic heterocycles. The molecule has 0 spiro atoms. The van der Waals surface area contributed by atoms with Crippen LogP contribution in [-0.4, -0.2) is 68.1 Å². The van der Waals surface area contributed by atoms with Gasteiger partial charge in [0.25, 0.3) is 0 Å². The summed E-state index contributed by atoms with van der Waals surface area (Å²) >= 11 is 1.69. The molecule has 2 fully saturated rings. The van der Waals surface area contributed by atoms with E-state index in [2.05, 4.69) is 65.4 Å². The number of fused-ring (bicyclic) bond motifs is 1. The van der Waals surface area contributed by atoms with Crippen LogP contribution in [0.3, 0.4) is 0 Å². The molecular formula is C30H36N4O2S. The third kappa shape index (κ3) is 5.10. The minimum Gasteiger partial charge on any atom is -0.378 e. The minimum absolute atomic E-state index is 0.0338. The number of pyridine rings is 1. The molecule has 6 rings (SSSR count). The van der Waals surface area contributed by atoms with E-state index >= 15 is 0 Å². The highest BCUT2D eigenvalue weighted by molar-refractivity contribution is 7.19. The lowest BCUT2D eigenvalue weighted by atomic mass is 9.75. The summed E-state index contributed by atoms with van der Waals surface area (Å²) in [5.41, 5.74) is 7.07. The summed E-state index contributed by atoms with van der Waals surface area (Å²) in [4.78, 5) is 24.0. The zero-order chi connectivity index (χ0) is 25.4. The number of ketones is 1. The number of benzene rings is 1. The maximum absolute atomic E-state index is 13.2. The summed E-state index contributed by atoms with van der Waals surface area (Å²) in [7, 11) is 0. The molecule has 37 heavy (non-hydrogen) atoms. The van der Waals surface area contributed by atoms with Crippen LogP contribution in [0.5, 0.6) is 0 Å². The number of Topliss-reactive ketones (excluding diaryl/α,β-unsaturated/α-hetero) is 1. The van der Waals surface area contributed by atoms with Crippen molar-refractivity contribution in [3.05, 3.63) is 58.6 Å². The van der Waals surface area contributed by atoms with Crippen LogP contribution >= 0.6 is 11.3 Å². The third-order valence-electron chi connectivity index (χ3n) is 7.78.